The summed E-state index contributed by atoms with van der Waals surface area (Å²) in [6.07, 6.45) is 0.174. The predicted octanol–water partition coefficient (Wildman–Crippen LogP) is 2.91. The number of ether oxygens (including phenoxy) is 2. The summed E-state index contributed by atoms with van der Waals surface area (Å²) in [5.74, 6) is -1.17. The van der Waals surface area contributed by atoms with Crippen LogP contribution in [0, 0.1) is 11.6 Å². The molecule has 1 aromatic heterocycles. The molecule has 37 heavy (non-hydrogen) atoms. The number of nitrogens with zero attached hydrogens (tertiary/aromatic N) is 5. The van der Waals surface area contributed by atoms with Gasteiger partial charge in [-0.05, 0) is 35.0 Å². The Bertz CT molecular complexity index is 1210. The molecule has 1 N–H and O–H groups in total. The molecule has 0 aliphatic carbocycles. The van der Waals surface area contributed by atoms with E-state index in [9.17, 15) is 18.4 Å². The quantitative estimate of drug-likeness (QED) is 0.443. The molecule has 0 saturated carbocycles. The highest BCUT2D eigenvalue weighted by Gasteiger charge is 2.28. The number of likely N-dealkylation sites (tertiary alicyclic amines) is 1. The molecule has 0 spiro atoms. The average Bonchev–Trinajstić information content (AvgIpc) is 3.56. The standard InChI is InChI=1S/C25H28F2N6O4/c1-17(15-36-16-19-7-8-20(26)13-22(19)27)23-29-30-31-33(23)11-12-37-25(35)32-10-9-21(14-32)28-24(34)18-5-3-2-4-6-18/h2-8,13,17,21H,9-12,14-16H2,1H3,(H,28,34). The molecule has 2 atom stereocenters. The van der Waals surface area contributed by atoms with Crippen molar-refractivity contribution in [3.63, 3.8) is 0 Å². The number of benzene rings is 2. The monoisotopic (exact) mass is 514 g/mol. The molecule has 0 radical (unpaired) electrons. The number of hydrogen-bond donors (Lipinski definition) is 1. The van der Waals surface area contributed by atoms with Crippen molar-refractivity contribution in [1.82, 2.24) is 30.4 Å². The lowest BCUT2D eigenvalue weighted by Gasteiger charge is -2.17. The van der Waals surface area contributed by atoms with Gasteiger partial charge in [0.1, 0.15) is 18.2 Å². The van der Waals surface area contributed by atoms with Gasteiger partial charge in [-0.3, -0.25) is 4.79 Å². The third-order valence-electron chi connectivity index (χ3n) is 5.99. The van der Waals surface area contributed by atoms with Gasteiger partial charge < -0.3 is 19.7 Å². The summed E-state index contributed by atoms with van der Waals surface area (Å²) < 4.78 is 39.3. The van der Waals surface area contributed by atoms with E-state index in [-0.39, 0.29) is 49.8 Å². The molecule has 2 aromatic carbocycles. The van der Waals surface area contributed by atoms with Crippen LogP contribution in [0.15, 0.2) is 48.5 Å². The molecule has 1 aliphatic heterocycles. The van der Waals surface area contributed by atoms with Gasteiger partial charge in [0.15, 0.2) is 5.82 Å². The van der Waals surface area contributed by atoms with Gasteiger partial charge in [0, 0.05) is 42.2 Å². The van der Waals surface area contributed by atoms with Crippen LogP contribution in [0.3, 0.4) is 0 Å². The first-order chi connectivity index (χ1) is 17.9. The van der Waals surface area contributed by atoms with Crippen molar-refractivity contribution >= 4 is 12.0 Å². The lowest BCUT2D eigenvalue weighted by molar-refractivity contribution is 0.0921. The highest BCUT2D eigenvalue weighted by atomic mass is 19.1. The third-order valence-corrected chi connectivity index (χ3v) is 5.99. The number of aromatic nitrogens is 4. The van der Waals surface area contributed by atoms with Crippen LogP contribution < -0.4 is 5.32 Å². The van der Waals surface area contributed by atoms with Crippen molar-refractivity contribution < 1.29 is 27.8 Å². The normalized spacial score (nSPS) is 16.0. The Hall–Kier alpha value is -3.93. The Labute approximate surface area is 212 Å². The SMILES string of the molecule is CC(COCc1ccc(F)cc1F)c1nnnn1CCOC(=O)N1CCC(NC(=O)c2ccccc2)C1. The molecule has 2 heterocycles. The summed E-state index contributed by atoms with van der Waals surface area (Å²) in [4.78, 5) is 26.4. The number of carbonyl (C=O) groups excluding carboxylic acids is 2. The molecule has 12 heteroatoms. The fraction of sp³-hybridized carbons (Fsp3) is 0.400. The molecule has 3 aromatic rings. The molecule has 2 unspecified atom stereocenters. The second kappa shape index (κ2) is 12.3. The molecule has 0 bridgehead atoms. The van der Waals surface area contributed by atoms with E-state index in [1.54, 1.807) is 29.2 Å². The minimum atomic E-state index is -0.665. The summed E-state index contributed by atoms with van der Waals surface area (Å²) in [6, 6.07) is 12.1. The van der Waals surface area contributed by atoms with Crippen LogP contribution in [-0.2, 0) is 22.6 Å². The van der Waals surface area contributed by atoms with Crippen molar-refractivity contribution in [3.05, 3.63) is 77.1 Å². The first kappa shape index (κ1) is 26.1. The number of nitrogens with one attached hydrogen (secondary N) is 1. The maximum absolute atomic E-state index is 13.8. The zero-order chi connectivity index (χ0) is 26.2. The fourth-order valence-electron chi connectivity index (χ4n) is 4.00. The Morgan fingerprint density at radius 1 is 1.19 bits per heavy atom. The molecule has 4 rings (SSSR count). The maximum atomic E-state index is 13.8. The molecule has 196 valence electrons. The number of hydrogen-bond acceptors (Lipinski definition) is 7. The molecule has 1 fully saturated rings. The van der Waals surface area contributed by atoms with Gasteiger partial charge in [-0.15, -0.1) is 5.10 Å². The highest BCUT2D eigenvalue weighted by molar-refractivity contribution is 5.94. The first-order valence-corrected chi connectivity index (χ1v) is 12.0. The number of halogens is 2. The Morgan fingerprint density at radius 2 is 2.00 bits per heavy atom. The number of tetrazole rings is 1. The van der Waals surface area contributed by atoms with Gasteiger partial charge in [0.05, 0.1) is 19.8 Å². The van der Waals surface area contributed by atoms with Crippen molar-refractivity contribution in [2.24, 2.45) is 0 Å². The smallest absolute Gasteiger partial charge is 0.409 e. The van der Waals surface area contributed by atoms with E-state index in [2.05, 4.69) is 20.8 Å². The van der Waals surface area contributed by atoms with E-state index in [1.165, 1.54) is 16.8 Å². The van der Waals surface area contributed by atoms with Crippen LogP contribution in [0.5, 0.6) is 0 Å². The van der Waals surface area contributed by atoms with Crippen LogP contribution in [0.1, 0.15) is 41.0 Å². The Kier molecular flexibility index (Phi) is 8.72. The summed E-state index contributed by atoms with van der Waals surface area (Å²) in [6.45, 7) is 3.20. The lowest BCUT2D eigenvalue weighted by atomic mass is 10.2. The van der Waals surface area contributed by atoms with E-state index in [4.69, 9.17) is 9.47 Å². The van der Waals surface area contributed by atoms with E-state index in [1.807, 2.05) is 13.0 Å². The molecule has 10 nitrogen and oxygen atoms in total. The zero-order valence-electron chi connectivity index (χ0n) is 20.3. The minimum Gasteiger partial charge on any atom is -0.447 e. The van der Waals surface area contributed by atoms with Crippen LogP contribution in [-0.4, -0.2) is 69.5 Å². The summed E-state index contributed by atoms with van der Waals surface area (Å²) in [5, 5.41) is 14.6. The number of amides is 2. The van der Waals surface area contributed by atoms with Crippen molar-refractivity contribution in [2.45, 2.75) is 38.5 Å². The van der Waals surface area contributed by atoms with Gasteiger partial charge in [-0.25, -0.2) is 18.3 Å². The first-order valence-electron chi connectivity index (χ1n) is 12.0. The van der Waals surface area contributed by atoms with Crippen molar-refractivity contribution in [2.75, 3.05) is 26.3 Å². The lowest BCUT2D eigenvalue weighted by Crippen LogP contribution is -2.38. The molecule has 1 saturated heterocycles. The summed E-state index contributed by atoms with van der Waals surface area (Å²) in [7, 11) is 0. The molecule has 2 amide bonds. The fourth-order valence-corrected chi connectivity index (χ4v) is 4.00. The Morgan fingerprint density at radius 3 is 2.78 bits per heavy atom. The van der Waals surface area contributed by atoms with E-state index in [0.717, 1.165) is 6.07 Å². The second-order valence-corrected chi connectivity index (χ2v) is 8.80. The highest BCUT2D eigenvalue weighted by Crippen LogP contribution is 2.16. The zero-order valence-corrected chi connectivity index (χ0v) is 20.3. The van der Waals surface area contributed by atoms with E-state index >= 15 is 0 Å². The maximum Gasteiger partial charge on any atom is 0.409 e. The van der Waals surface area contributed by atoms with Crippen LogP contribution in [0.4, 0.5) is 13.6 Å². The van der Waals surface area contributed by atoms with Crippen LogP contribution in [0.25, 0.3) is 0 Å². The van der Waals surface area contributed by atoms with Gasteiger partial charge in [0.25, 0.3) is 5.91 Å². The largest absolute Gasteiger partial charge is 0.447 e. The number of carbonyl (C=O) groups is 2. The van der Waals surface area contributed by atoms with Crippen LogP contribution in [0.2, 0.25) is 0 Å². The van der Waals surface area contributed by atoms with Gasteiger partial charge in [-0.2, -0.15) is 0 Å². The van der Waals surface area contributed by atoms with Gasteiger partial charge in [0.2, 0.25) is 0 Å². The molecular weight excluding hydrogens is 486 g/mol. The minimum absolute atomic E-state index is 0.0156. The summed E-state index contributed by atoms with van der Waals surface area (Å²) >= 11 is 0. The van der Waals surface area contributed by atoms with Crippen molar-refractivity contribution in [3.8, 4) is 0 Å². The summed E-state index contributed by atoms with van der Waals surface area (Å²) in [5.41, 5.74) is 0.826. The van der Waals surface area contributed by atoms with E-state index < -0.39 is 17.7 Å². The third kappa shape index (κ3) is 7.06. The average molecular weight is 515 g/mol. The molecular formula is C25H28F2N6O4. The molecule has 1 aliphatic rings. The Balaban J connectivity index is 1.18. The second-order valence-electron chi connectivity index (χ2n) is 8.80. The van der Waals surface area contributed by atoms with Crippen molar-refractivity contribution in [1.29, 1.82) is 0 Å². The topological polar surface area (TPSA) is 111 Å². The van der Waals surface area contributed by atoms with E-state index in [0.29, 0.717) is 30.9 Å². The van der Waals surface area contributed by atoms with Gasteiger partial charge in [-0.1, -0.05) is 31.2 Å². The predicted molar refractivity (Wildman–Crippen MR) is 127 cm³/mol. The van der Waals surface area contributed by atoms with Gasteiger partial charge >= 0.3 is 6.09 Å². The number of rotatable bonds is 10. The van der Waals surface area contributed by atoms with Crippen LogP contribution >= 0.6 is 0 Å².